The number of aryl methyl sites for hydroxylation is 1. The topological polar surface area (TPSA) is 29.9 Å². The Balaban J connectivity index is 2.10. The first kappa shape index (κ1) is 14.1. The molecule has 0 fully saturated rings. The van der Waals surface area contributed by atoms with Crippen LogP contribution in [-0.4, -0.2) is 15.8 Å². The van der Waals surface area contributed by atoms with Gasteiger partial charge in [-0.15, -0.1) is 0 Å². The van der Waals surface area contributed by atoms with Crippen LogP contribution >= 0.6 is 11.6 Å². The van der Waals surface area contributed by atoms with Crippen LogP contribution in [0.15, 0.2) is 30.5 Å². The summed E-state index contributed by atoms with van der Waals surface area (Å²) < 4.78 is 1.95. The summed E-state index contributed by atoms with van der Waals surface area (Å²) in [4.78, 5) is 0. The van der Waals surface area contributed by atoms with Gasteiger partial charge >= 0.3 is 0 Å². The van der Waals surface area contributed by atoms with Crippen molar-refractivity contribution in [3.8, 4) is 0 Å². The lowest BCUT2D eigenvalue weighted by Crippen LogP contribution is -2.21. The molecule has 1 aromatic carbocycles. The maximum Gasteiger partial charge on any atom is 0.0674 e. The molecule has 3 nitrogen and oxygen atoms in total. The predicted molar refractivity (Wildman–Crippen MR) is 79.5 cm³/mol. The van der Waals surface area contributed by atoms with E-state index in [0.29, 0.717) is 12.6 Å². The molecular weight excluding hydrogens is 258 g/mol. The van der Waals surface area contributed by atoms with Crippen LogP contribution in [0.3, 0.4) is 0 Å². The number of aromatic nitrogens is 2. The molecule has 1 heterocycles. The molecule has 0 atom stereocenters. The fourth-order valence-electron chi connectivity index (χ4n) is 1.93. The molecule has 0 radical (unpaired) electrons. The number of hydrogen-bond donors (Lipinski definition) is 1. The second kappa shape index (κ2) is 6.22. The van der Waals surface area contributed by atoms with Crippen LogP contribution in [0.2, 0.25) is 5.02 Å². The summed E-state index contributed by atoms with van der Waals surface area (Å²) in [5.74, 6) is 0. The van der Waals surface area contributed by atoms with E-state index in [1.165, 1.54) is 5.56 Å². The molecule has 19 heavy (non-hydrogen) atoms. The van der Waals surface area contributed by atoms with Gasteiger partial charge in [-0.05, 0) is 18.6 Å². The van der Waals surface area contributed by atoms with E-state index in [4.69, 9.17) is 11.6 Å². The molecule has 0 spiro atoms. The van der Waals surface area contributed by atoms with Gasteiger partial charge in [-0.2, -0.15) is 5.10 Å². The number of nitrogens with one attached hydrogen (secondary N) is 1. The molecule has 2 aromatic rings. The number of nitrogens with zero attached hydrogens (tertiary/aromatic N) is 2. The molecule has 0 bridgehead atoms. The molecule has 0 aliphatic rings. The molecule has 4 heteroatoms. The average molecular weight is 278 g/mol. The molecule has 0 unspecified atom stereocenters. The minimum Gasteiger partial charge on any atom is -0.310 e. The van der Waals surface area contributed by atoms with Crippen LogP contribution in [-0.2, 0) is 13.1 Å². The van der Waals surface area contributed by atoms with Gasteiger partial charge in [0, 0.05) is 29.4 Å². The molecule has 0 aliphatic carbocycles. The van der Waals surface area contributed by atoms with Crippen molar-refractivity contribution < 1.29 is 0 Å². The molecule has 0 amide bonds. The maximum atomic E-state index is 6.17. The van der Waals surface area contributed by atoms with Crippen LogP contribution < -0.4 is 5.32 Å². The molecule has 1 aromatic heterocycles. The minimum atomic E-state index is 0.478. The van der Waals surface area contributed by atoms with Gasteiger partial charge in [-0.25, -0.2) is 0 Å². The average Bonchev–Trinajstić information content (AvgIpc) is 2.70. The van der Waals surface area contributed by atoms with Gasteiger partial charge in [-0.3, -0.25) is 4.68 Å². The smallest absolute Gasteiger partial charge is 0.0674 e. The Morgan fingerprint density at radius 2 is 2.00 bits per heavy atom. The highest BCUT2D eigenvalue weighted by atomic mass is 35.5. The van der Waals surface area contributed by atoms with E-state index in [1.54, 1.807) is 0 Å². The summed E-state index contributed by atoms with van der Waals surface area (Å²) in [5, 5.41) is 8.74. The molecular formula is C15H20ClN3. The fraction of sp³-hybridized carbons (Fsp3) is 0.400. The standard InChI is InChI=1S/C15H20ClN3/c1-11(2)17-8-14-10-19(18-12(14)3)9-13-6-4-5-7-15(13)16/h4-7,10-11,17H,8-9H2,1-3H3. The van der Waals surface area contributed by atoms with E-state index in [-0.39, 0.29) is 0 Å². The maximum absolute atomic E-state index is 6.17. The Bertz CT molecular complexity index is 546. The van der Waals surface area contributed by atoms with E-state index in [2.05, 4.69) is 30.5 Å². The second-order valence-electron chi connectivity index (χ2n) is 5.06. The van der Waals surface area contributed by atoms with Crippen LogP contribution in [0.5, 0.6) is 0 Å². The van der Waals surface area contributed by atoms with Crippen molar-refractivity contribution in [1.29, 1.82) is 0 Å². The van der Waals surface area contributed by atoms with Gasteiger partial charge in [0.1, 0.15) is 0 Å². The van der Waals surface area contributed by atoms with Crippen molar-refractivity contribution in [2.24, 2.45) is 0 Å². The van der Waals surface area contributed by atoms with Gasteiger partial charge < -0.3 is 5.32 Å². The third-order valence-electron chi connectivity index (χ3n) is 3.04. The van der Waals surface area contributed by atoms with E-state index in [0.717, 1.165) is 22.8 Å². The normalized spacial score (nSPS) is 11.2. The summed E-state index contributed by atoms with van der Waals surface area (Å²) in [6, 6.07) is 8.36. The minimum absolute atomic E-state index is 0.478. The second-order valence-corrected chi connectivity index (χ2v) is 5.47. The van der Waals surface area contributed by atoms with E-state index < -0.39 is 0 Å². The molecule has 0 aliphatic heterocycles. The number of benzene rings is 1. The third-order valence-corrected chi connectivity index (χ3v) is 3.41. The van der Waals surface area contributed by atoms with Gasteiger partial charge in [0.15, 0.2) is 0 Å². The molecule has 1 N–H and O–H groups in total. The highest BCUT2D eigenvalue weighted by molar-refractivity contribution is 6.31. The van der Waals surface area contributed by atoms with Crippen LogP contribution in [0.25, 0.3) is 0 Å². The predicted octanol–water partition coefficient (Wildman–Crippen LogP) is 3.39. The highest BCUT2D eigenvalue weighted by Gasteiger charge is 2.07. The number of halogens is 1. The Morgan fingerprint density at radius 3 is 2.68 bits per heavy atom. The van der Waals surface area contributed by atoms with Crippen LogP contribution in [0, 0.1) is 6.92 Å². The summed E-state index contributed by atoms with van der Waals surface area (Å²) >= 11 is 6.17. The Labute approximate surface area is 119 Å². The summed E-state index contributed by atoms with van der Waals surface area (Å²) in [7, 11) is 0. The van der Waals surface area contributed by atoms with Crippen molar-refractivity contribution in [1.82, 2.24) is 15.1 Å². The first-order chi connectivity index (χ1) is 9.06. The highest BCUT2D eigenvalue weighted by Crippen LogP contribution is 2.16. The monoisotopic (exact) mass is 277 g/mol. The zero-order chi connectivity index (χ0) is 13.8. The summed E-state index contributed by atoms with van der Waals surface area (Å²) in [6.07, 6.45) is 2.09. The lowest BCUT2D eigenvalue weighted by atomic mass is 10.2. The van der Waals surface area contributed by atoms with Crippen LogP contribution in [0.1, 0.15) is 30.7 Å². The number of rotatable bonds is 5. The zero-order valence-electron chi connectivity index (χ0n) is 11.7. The summed E-state index contributed by atoms with van der Waals surface area (Å²) in [6.45, 7) is 7.89. The van der Waals surface area contributed by atoms with Crippen LogP contribution in [0.4, 0.5) is 0 Å². The third kappa shape index (κ3) is 3.82. The van der Waals surface area contributed by atoms with Crippen molar-refractivity contribution in [3.63, 3.8) is 0 Å². The SMILES string of the molecule is Cc1nn(Cc2ccccc2Cl)cc1CNC(C)C. The molecule has 0 saturated heterocycles. The first-order valence-electron chi connectivity index (χ1n) is 6.56. The summed E-state index contributed by atoms with van der Waals surface area (Å²) in [5.41, 5.74) is 3.40. The lowest BCUT2D eigenvalue weighted by molar-refractivity contribution is 0.587. The van der Waals surface area contributed by atoms with Crippen molar-refractivity contribution in [2.75, 3.05) is 0 Å². The Hall–Kier alpha value is -1.32. The molecule has 2 rings (SSSR count). The number of hydrogen-bond acceptors (Lipinski definition) is 2. The Kier molecular flexibility index (Phi) is 4.61. The van der Waals surface area contributed by atoms with Gasteiger partial charge in [-0.1, -0.05) is 43.6 Å². The van der Waals surface area contributed by atoms with Gasteiger partial charge in [0.25, 0.3) is 0 Å². The first-order valence-corrected chi connectivity index (χ1v) is 6.94. The van der Waals surface area contributed by atoms with Crippen molar-refractivity contribution in [2.45, 2.75) is 39.9 Å². The van der Waals surface area contributed by atoms with E-state index in [9.17, 15) is 0 Å². The van der Waals surface area contributed by atoms with Crippen molar-refractivity contribution in [3.05, 3.63) is 52.3 Å². The van der Waals surface area contributed by atoms with Gasteiger partial charge in [0.2, 0.25) is 0 Å². The zero-order valence-corrected chi connectivity index (χ0v) is 12.4. The molecule has 0 saturated carbocycles. The lowest BCUT2D eigenvalue weighted by Gasteiger charge is -2.06. The quantitative estimate of drug-likeness (QED) is 0.908. The van der Waals surface area contributed by atoms with E-state index in [1.807, 2.05) is 35.9 Å². The Morgan fingerprint density at radius 1 is 1.26 bits per heavy atom. The van der Waals surface area contributed by atoms with Crippen molar-refractivity contribution >= 4 is 11.6 Å². The van der Waals surface area contributed by atoms with Gasteiger partial charge in [0.05, 0.1) is 12.2 Å². The van der Waals surface area contributed by atoms with E-state index >= 15 is 0 Å². The largest absolute Gasteiger partial charge is 0.310 e. The molecule has 102 valence electrons. The fourth-order valence-corrected chi connectivity index (χ4v) is 2.12.